The number of halogens is 1. The summed E-state index contributed by atoms with van der Waals surface area (Å²) in [5.74, 6) is -2.78. The molecule has 3 N–H and O–H groups in total. The lowest BCUT2D eigenvalue weighted by molar-refractivity contribution is -0.135. The topological polar surface area (TPSA) is 130 Å². The van der Waals surface area contributed by atoms with Crippen LogP contribution in [0.2, 0.25) is 0 Å². The molecule has 1 aromatic carbocycles. The van der Waals surface area contributed by atoms with Crippen molar-refractivity contribution < 1.29 is 31.1 Å². The molecule has 11 heteroatoms. The first-order valence-electron chi connectivity index (χ1n) is 6.09. The van der Waals surface area contributed by atoms with E-state index in [4.69, 9.17) is 5.11 Å². The zero-order valence-electron chi connectivity index (χ0n) is 11.5. The van der Waals surface area contributed by atoms with E-state index >= 15 is 0 Å². The van der Waals surface area contributed by atoms with Crippen LogP contribution in [0, 0.1) is 5.82 Å². The van der Waals surface area contributed by atoms with Gasteiger partial charge in [0.1, 0.15) is 17.3 Å². The van der Waals surface area contributed by atoms with Gasteiger partial charge in [-0.25, -0.2) is 21.2 Å². The molecule has 0 fully saturated rings. The Hall–Kier alpha value is -1.72. The predicted octanol–water partition coefficient (Wildman–Crippen LogP) is 0.340. The molecule has 1 rings (SSSR count). The maximum Gasteiger partial charge on any atom is 0.318 e. The van der Waals surface area contributed by atoms with Crippen molar-refractivity contribution in [2.45, 2.75) is 18.2 Å². The summed E-state index contributed by atoms with van der Waals surface area (Å²) in [5, 5.41) is 8.42. The smallest absolute Gasteiger partial charge is 0.318 e. The largest absolute Gasteiger partial charge is 0.480 e. The molecule has 0 atom stereocenters. The molecule has 22 heavy (non-hydrogen) atoms. The van der Waals surface area contributed by atoms with Gasteiger partial charge in [-0.05, 0) is 24.6 Å². The Morgan fingerprint density at radius 3 is 2.41 bits per heavy atom. The first-order chi connectivity index (χ1) is 10.1. The molecule has 0 aliphatic carbocycles. The van der Waals surface area contributed by atoms with E-state index in [0.29, 0.717) is 12.5 Å². The van der Waals surface area contributed by atoms with Gasteiger partial charge in [0, 0.05) is 0 Å². The zero-order valence-corrected chi connectivity index (χ0v) is 13.2. The zero-order chi connectivity index (χ0) is 17.0. The summed E-state index contributed by atoms with van der Waals surface area (Å²) >= 11 is 0. The van der Waals surface area contributed by atoms with Crippen LogP contribution in [0.4, 0.5) is 10.1 Å². The standard InChI is InChI=1S/C11H15FN2O6S2/c1-2-5-21(17,18)14-8-3-4-10(9(12)6-8)22(19,20)13-7-11(15)16/h3-4,6,13-14H,2,5,7H2,1H3,(H,15,16). The van der Waals surface area contributed by atoms with Crippen LogP contribution in [0.15, 0.2) is 23.1 Å². The maximum atomic E-state index is 13.8. The summed E-state index contributed by atoms with van der Waals surface area (Å²) in [5.41, 5.74) is -0.122. The van der Waals surface area contributed by atoms with Gasteiger partial charge in [-0.15, -0.1) is 0 Å². The number of hydrogen-bond donors (Lipinski definition) is 3. The molecule has 0 saturated heterocycles. The fourth-order valence-corrected chi connectivity index (χ4v) is 3.67. The molecular formula is C11H15FN2O6S2. The summed E-state index contributed by atoms with van der Waals surface area (Å²) < 4.78 is 64.1. The second-order valence-electron chi connectivity index (χ2n) is 4.28. The van der Waals surface area contributed by atoms with Crippen LogP contribution in [0.5, 0.6) is 0 Å². The number of hydrogen-bond acceptors (Lipinski definition) is 5. The summed E-state index contributed by atoms with van der Waals surface area (Å²) in [6, 6.07) is 2.64. The van der Waals surface area contributed by atoms with Gasteiger partial charge in [0.25, 0.3) is 0 Å². The second kappa shape index (κ2) is 7.03. The molecule has 0 unspecified atom stereocenters. The lowest BCUT2D eigenvalue weighted by atomic mass is 10.3. The molecule has 0 aliphatic rings. The number of aliphatic carboxylic acids is 1. The van der Waals surface area contributed by atoms with E-state index in [1.165, 1.54) is 0 Å². The Balaban J connectivity index is 3.02. The van der Waals surface area contributed by atoms with Crippen molar-refractivity contribution in [1.82, 2.24) is 4.72 Å². The predicted molar refractivity (Wildman–Crippen MR) is 76.9 cm³/mol. The Morgan fingerprint density at radius 2 is 1.91 bits per heavy atom. The van der Waals surface area contributed by atoms with Gasteiger partial charge in [-0.3, -0.25) is 9.52 Å². The molecule has 124 valence electrons. The summed E-state index contributed by atoms with van der Waals surface area (Å²) in [7, 11) is -7.97. The normalized spacial score (nSPS) is 12.1. The van der Waals surface area contributed by atoms with Gasteiger partial charge in [-0.2, -0.15) is 4.72 Å². The highest BCUT2D eigenvalue weighted by molar-refractivity contribution is 7.92. The van der Waals surface area contributed by atoms with E-state index in [-0.39, 0.29) is 11.4 Å². The van der Waals surface area contributed by atoms with Crippen molar-refractivity contribution >= 4 is 31.7 Å². The minimum absolute atomic E-state index is 0.122. The third-order valence-corrected chi connectivity index (χ3v) is 5.31. The van der Waals surface area contributed by atoms with E-state index in [1.807, 2.05) is 0 Å². The number of rotatable bonds is 8. The number of anilines is 1. The fraction of sp³-hybridized carbons (Fsp3) is 0.364. The molecule has 0 heterocycles. The van der Waals surface area contributed by atoms with Gasteiger partial charge >= 0.3 is 5.97 Å². The molecule has 1 aromatic rings. The van der Waals surface area contributed by atoms with Gasteiger partial charge in [0.2, 0.25) is 20.0 Å². The van der Waals surface area contributed by atoms with Crippen LogP contribution in [0.1, 0.15) is 13.3 Å². The van der Waals surface area contributed by atoms with Crippen LogP contribution >= 0.6 is 0 Å². The summed E-state index contributed by atoms with van der Waals surface area (Å²) in [6.45, 7) is 0.760. The van der Waals surface area contributed by atoms with Gasteiger partial charge < -0.3 is 5.11 Å². The molecule has 8 nitrogen and oxygen atoms in total. The van der Waals surface area contributed by atoms with Crippen LogP contribution in [0.3, 0.4) is 0 Å². The number of carbonyl (C=O) groups is 1. The Bertz CT molecular complexity index is 761. The monoisotopic (exact) mass is 354 g/mol. The van der Waals surface area contributed by atoms with Gasteiger partial charge in [0.15, 0.2) is 0 Å². The Kier molecular flexibility index (Phi) is 5.85. The van der Waals surface area contributed by atoms with Gasteiger partial charge in [-0.1, -0.05) is 6.92 Å². The van der Waals surface area contributed by atoms with Crippen molar-refractivity contribution in [2.24, 2.45) is 0 Å². The summed E-state index contributed by atoms with van der Waals surface area (Å²) in [6.07, 6.45) is 0.364. The third-order valence-electron chi connectivity index (χ3n) is 2.38. The molecular weight excluding hydrogens is 339 g/mol. The van der Waals surface area contributed by atoms with Crippen LogP contribution in [0.25, 0.3) is 0 Å². The highest BCUT2D eigenvalue weighted by Gasteiger charge is 2.21. The van der Waals surface area contributed by atoms with E-state index in [0.717, 1.165) is 12.1 Å². The Labute approximate surface area is 127 Å². The minimum Gasteiger partial charge on any atom is -0.480 e. The molecule has 0 bridgehead atoms. The number of sulfonamides is 2. The first kappa shape index (κ1) is 18.3. The van der Waals surface area contributed by atoms with Gasteiger partial charge in [0.05, 0.1) is 11.4 Å². The van der Waals surface area contributed by atoms with E-state index < -0.39 is 43.3 Å². The molecule has 0 aliphatic heterocycles. The van der Waals surface area contributed by atoms with Crippen molar-refractivity contribution in [3.63, 3.8) is 0 Å². The van der Waals surface area contributed by atoms with E-state index in [2.05, 4.69) is 4.72 Å². The van der Waals surface area contributed by atoms with Crippen molar-refractivity contribution in [1.29, 1.82) is 0 Å². The SMILES string of the molecule is CCCS(=O)(=O)Nc1ccc(S(=O)(=O)NCC(=O)O)c(F)c1. The van der Waals surface area contributed by atoms with Crippen molar-refractivity contribution in [2.75, 3.05) is 17.0 Å². The molecule has 0 spiro atoms. The quantitative estimate of drug-likeness (QED) is 0.617. The average Bonchev–Trinajstić information content (AvgIpc) is 2.35. The van der Waals surface area contributed by atoms with Crippen molar-refractivity contribution in [3.8, 4) is 0 Å². The lowest BCUT2D eigenvalue weighted by Gasteiger charge is -2.10. The molecule has 0 amide bonds. The molecule has 0 radical (unpaired) electrons. The molecule has 0 aromatic heterocycles. The number of nitrogens with one attached hydrogen (secondary N) is 2. The van der Waals surface area contributed by atoms with Crippen LogP contribution in [-0.4, -0.2) is 40.2 Å². The molecule has 0 saturated carbocycles. The number of benzene rings is 1. The number of carboxylic acid groups (broad SMARTS) is 1. The average molecular weight is 354 g/mol. The first-order valence-corrected chi connectivity index (χ1v) is 9.22. The van der Waals surface area contributed by atoms with E-state index in [9.17, 15) is 26.0 Å². The third kappa shape index (κ3) is 5.24. The van der Waals surface area contributed by atoms with Crippen LogP contribution < -0.4 is 9.44 Å². The second-order valence-corrected chi connectivity index (χ2v) is 7.86. The van der Waals surface area contributed by atoms with Crippen LogP contribution in [-0.2, 0) is 24.8 Å². The van der Waals surface area contributed by atoms with Crippen molar-refractivity contribution in [3.05, 3.63) is 24.0 Å². The minimum atomic E-state index is -4.34. The Morgan fingerprint density at radius 1 is 1.27 bits per heavy atom. The number of carboxylic acids is 1. The van der Waals surface area contributed by atoms with E-state index in [1.54, 1.807) is 11.6 Å². The highest BCUT2D eigenvalue weighted by atomic mass is 32.2. The summed E-state index contributed by atoms with van der Waals surface area (Å²) in [4.78, 5) is 9.57. The maximum absolute atomic E-state index is 13.8. The lowest BCUT2D eigenvalue weighted by Crippen LogP contribution is -2.30. The highest BCUT2D eigenvalue weighted by Crippen LogP contribution is 2.19. The fourth-order valence-electron chi connectivity index (χ4n) is 1.52.